The van der Waals surface area contributed by atoms with Gasteiger partial charge in [0.25, 0.3) is 0 Å². The maximum atomic E-state index is 10.4. The number of allylic oxidation sites excluding steroid dienone is 1. The Balaban J connectivity index is 2.93. The van der Waals surface area contributed by atoms with Gasteiger partial charge in [0.2, 0.25) is 0 Å². The van der Waals surface area contributed by atoms with Crippen LogP contribution in [0.2, 0.25) is 0 Å². The molecule has 0 unspecified atom stereocenters. The monoisotopic (exact) mass is 131 g/mol. The molecule has 1 heterocycles. The van der Waals surface area contributed by atoms with Crippen molar-refractivity contribution in [3.05, 3.63) is 11.1 Å². The molecule has 4 heteroatoms. The molecule has 1 rings (SSSR count). The van der Waals surface area contributed by atoms with Crippen molar-refractivity contribution in [3.63, 3.8) is 0 Å². The first-order valence-electron chi connectivity index (χ1n) is 2.02. The normalized spacial score (nSPS) is 17.4. The highest BCUT2D eigenvalue weighted by molar-refractivity contribution is 7.95. The zero-order valence-corrected chi connectivity index (χ0v) is 5.12. The second-order valence-electron chi connectivity index (χ2n) is 1.55. The first-order chi connectivity index (χ1) is 3.61. The molecular weight excluding hydrogens is 126 g/mol. The van der Waals surface area contributed by atoms with E-state index in [1.165, 1.54) is 6.20 Å². The molecule has 0 saturated carbocycles. The van der Waals surface area contributed by atoms with Gasteiger partial charge in [-0.2, -0.15) is 0 Å². The lowest BCUT2D eigenvalue weighted by atomic mass is 10.6. The van der Waals surface area contributed by atoms with Gasteiger partial charge in [-0.05, 0) is 0 Å². The van der Waals surface area contributed by atoms with Crippen LogP contribution in [0.25, 0.3) is 0 Å². The highest BCUT2D eigenvalue weighted by Gasteiger charge is 2.11. The Hall–Kier alpha value is -0.640. The molecule has 44 valence electrons. The lowest BCUT2D eigenvalue weighted by Gasteiger charge is -2.00. The van der Waals surface area contributed by atoms with E-state index in [0.717, 1.165) is 6.26 Å². The molecule has 0 radical (unpaired) electrons. The van der Waals surface area contributed by atoms with Gasteiger partial charge in [0.1, 0.15) is 6.21 Å². The summed E-state index contributed by atoms with van der Waals surface area (Å²) in [6.07, 6.45) is 4.95. The number of sulfone groups is 1. The van der Waals surface area contributed by atoms with E-state index in [1.807, 2.05) is 0 Å². The van der Waals surface area contributed by atoms with Crippen LogP contribution in [-0.4, -0.2) is 20.9 Å². The van der Waals surface area contributed by atoms with Gasteiger partial charge in [-0.1, -0.05) is 0 Å². The Kier molecular flexibility index (Phi) is 0.973. The van der Waals surface area contributed by atoms with Crippen molar-refractivity contribution in [2.45, 2.75) is 0 Å². The first-order valence-corrected chi connectivity index (χ1v) is 3.91. The van der Waals surface area contributed by atoms with E-state index in [4.69, 9.17) is 0 Å². The number of hydrogen-bond acceptors (Lipinski definition) is 2. The van der Waals surface area contributed by atoms with Crippen LogP contribution in [0.4, 0.5) is 0 Å². The number of nitrogens with one attached hydrogen (secondary N) is 1. The fourth-order valence-electron chi connectivity index (χ4n) is 0.331. The van der Waals surface area contributed by atoms with Gasteiger partial charge in [-0.15, -0.1) is 0 Å². The molecule has 0 aromatic rings. The van der Waals surface area contributed by atoms with E-state index in [-0.39, 0.29) is 4.91 Å². The second-order valence-corrected chi connectivity index (χ2v) is 3.53. The van der Waals surface area contributed by atoms with Crippen LogP contribution in [0.3, 0.4) is 0 Å². The SMILES string of the molecule is CS(=O)(=O)C1=C[NH+]=[C-]1. The van der Waals surface area contributed by atoms with E-state index < -0.39 is 9.84 Å². The van der Waals surface area contributed by atoms with E-state index in [0.29, 0.717) is 0 Å². The zero-order valence-electron chi connectivity index (χ0n) is 4.30. The minimum absolute atomic E-state index is 0.248. The predicted octanol–water partition coefficient (Wildman–Crippen LogP) is -2.09. The van der Waals surface area contributed by atoms with E-state index in [1.54, 1.807) is 0 Å². The van der Waals surface area contributed by atoms with Crippen LogP contribution < -0.4 is 4.99 Å². The topological polar surface area (TPSA) is 48.1 Å². The van der Waals surface area contributed by atoms with Crippen LogP contribution >= 0.6 is 0 Å². The maximum Gasteiger partial charge on any atom is 0.163 e. The number of rotatable bonds is 1. The molecule has 0 aromatic carbocycles. The molecule has 1 N–H and O–H groups in total. The van der Waals surface area contributed by atoms with Crippen molar-refractivity contribution < 1.29 is 13.4 Å². The summed E-state index contributed by atoms with van der Waals surface area (Å²) in [7, 11) is -2.98. The first kappa shape index (κ1) is 5.50. The third-order valence-electron chi connectivity index (χ3n) is 0.798. The van der Waals surface area contributed by atoms with Gasteiger partial charge in [0.15, 0.2) is 9.84 Å². The van der Waals surface area contributed by atoms with E-state index in [2.05, 4.69) is 11.2 Å². The Labute approximate surface area is 47.7 Å². The predicted molar refractivity (Wildman–Crippen MR) is 28.9 cm³/mol. The van der Waals surface area contributed by atoms with Crippen molar-refractivity contribution in [2.24, 2.45) is 0 Å². The molecule has 0 aliphatic carbocycles. The standard InChI is InChI=1S/C4H5NO2S/c1-8(6,7)4-2-5-3-4/h2,5H,1H3. The molecule has 0 aromatic heterocycles. The summed E-state index contributed by atoms with van der Waals surface area (Å²) in [5, 5.41) is 0. The molecule has 3 nitrogen and oxygen atoms in total. The fraction of sp³-hybridized carbons (Fsp3) is 0.250. The van der Waals surface area contributed by atoms with Gasteiger partial charge in [-0.3, -0.25) is 0 Å². The van der Waals surface area contributed by atoms with Crippen LogP contribution in [-0.2, 0) is 9.84 Å². The molecule has 0 fully saturated rings. The Morgan fingerprint density at radius 2 is 2.25 bits per heavy atom. The fourth-order valence-corrected chi connectivity index (χ4v) is 0.848. The van der Waals surface area contributed by atoms with Gasteiger partial charge >= 0.3 is 0 Å². The van der Waals surface area contributed by atoms with Crippen LogP contribution in [0, 0.1) is 0 Å². The summed E-state index contributed by atoms with van der Waals surface area (Å²) in [5.74, 6) is 0. The van der Waals surface area contributed by atoms with E-state index in [9.17, 15) is 8.42 Å². The summed E-state index contributed by atoms with van der Waals surface area (Å²) in [6, 6.07) is 0. The van der Waals surface area contributed by atoms with Gasteiger partial charge in [-0.25, -0.2) is 8.42 Å². The smallest absolute Gasteiger partial charge is 0.163 e. The summed E-state index contributed by atoms with van der Waals surface area (Å²) in [4.78, 5) is 2.72. The van der Waals surface area contributed by atoms with Crippen LogP contribution in [0.1, 0.15) is 0 Å². The van der Waals surface area contributed by atoms with Gasteiger partial charge in [0, 0.05) is 6.26 Å². The average Bonchev–Trinajstić information content (AvgIpc) is 1.16. The third kappa shape index (κ3) is 0.790. The Bertz CT molecular complexity index is 247. The minimum atomic E-state index is -2.98. The molecule has 0 spiro atoms. The summed E-state index contributed by atoms with van der Waals surface area (Å²) < 4.78 is 20.9. The van der Waals surface area contributed by atoms with Crippen LogP contribution in [0.15, 0.2) is 11.1 Å². The minimum Gasteiger partial charge on any atom is -0.321 e. The summed E-state index contributed by atoms with van der Waals surface area (Å²) >= 11 is 0. The van der Waals surface area contributed by atoms with Crippen molar-refractivity contribution in [1.29, 1.82) is 0 Å². The molecule has 0 amide bonds. The highest BCUT2D eigenvalue weighted by Crippen LogP contribution is 1.97. The molecular formula is C4H5NO2S. The summed E-state index contributed by atoms with van der Waals surface area (Å²) in [6.45, 7) is 0. The van der Waals surface area contributed by atoms with Crippen molar-refractivity contribution >= 4 is 16.1 Å². The van der Waals surface area contributed by atoms with Crippen LogP contribution in [0.5, 0.6) is 0 Å². The zero-order chi connectivity index (χ0) is 6.20. The number of hydrogen-bond donors (Lipinski definition) is 1. The molecule has 0 atom stereocenters. The molecule has 1 aliphatic rings. The van der Waals surface area contributed by atoms with Gasteiger partial charge in [0.05, 0.1) is 11.1 Å². The highest BCUT2D eigenvalue weighted by atomic mass is 32.2. The molecule has 1 aliphatic heterocycles. The Morgan fingerprint density at radius 3 is 2.25 bits per heavy atom. The lowest BCUT2D eigenvalue weighted by molar-refractivity contribution is -0.378. The molecule has 0 bridgehead atoms. The maximum absolute atomic E-state index is 10.4. The van der Waals surface area contributed by atoms with Crippen molar-refractivity contribution in [1.82, 2.24) is 0 Å². The quantitative estimate of drug-likeness (QED) is 0.415. The van der Waals surface area contributed by atoms with Gasteiger partial charge < -0.3 is 4.99 Å². The Morgan fingerprint density at radius 1 is 1.75 bits per heavy atom. The molecule has 8 heavy (non-hydrogen) atoms. The second kappa shape index (κ2) is 1.42. The third-order valence-corrected chi connectivity index (χ3v) is 1.82. The van der Waals surface area contributed by atoms with Crippen molar-refractivity contribution in [3.8, 4) is 0 Å². The van der Waals surface area contributed by atoms with Crippen molar-refractivity contribution in [2.75, 3.05) is 6.26 Å². The average molecular weight is 131 g/mol. The largest absolute Gasteiger partial charge is 0.321 e. The summed E-state index contributed by atoms with van der Waals surface area (Å²) in [5.41, 5.74) is 0. The van der Waals surface area contributed by atoms with E-state index >= 15 is 0 Å². The molecule has 0 saturated heterocycles. The lowest BCUT2D eigenvalue weighted by Crippen LogP contribution is -2.68.